The third-order valence-electron chi connectivity index (χ3n) is 5.67. The summed E-state index contributed by atoms with van der Waals surface area (Å²) >= 11 is 1.80. The molecule has 7 heteroatoms. The number of hydrogen-bond acceptors (Lipinski definition) is 5. The molecule has 29 heavy (non-hydrogen) atoms. The number of nitrogens with one attached hydrogen (secondary N) is 1. The molecule has 3 heterocycles. The molecular weight excluding hydrogens is 384 g/mol. The van der Waals surface area contributed by atoms with Crippen LogP contribution in [0.2, 0.25) is 0 Å². The molecular formula is C22H30N4O2S. The van der Waals surface area contributed by atoms with E-state index in [9.17, 15) is 4.79 Å². The van der Waals surface area contributed by atoms with Gasteiger partial charge in [-0.1, -0.05) is 30.3 Å². The summed E-state index contributed by atoms with van der Waals surface area (Å²) in [4.78, 5) is 20.8. The van der Waals surface area contributed by atoms with Gasteiger partial charge in [0.05, 0.1) is 13.2 Å². The van der Waals surface area contributed by atoms with Crippen molar-refractivity contribution in [3.05, 3.63) is 57.8 Å². The fraction of sp³-hybridized carbons (Fsp3) is 0.500. The summed E-state index contributed by atoms with van der Waals surface area (Å²) in [5.41, 5.74) is 2.49. The summed E-state index contributed by atoms with van der Waals surface area (Å²) < 4.78 is 5.44. The van der Waals surface area contributed by atoms with Crippen LogP contribution in [-0.4, -0.2) is 73.2 Å². The third kappa shape index (κ3) is 5.79. The zero-order valence-corrected chi connectivity index (χ0v) is 17.7. The Morgan fingerprint density at radius 1 is 0.897 bits per heavy atom. The molecule has 156 valence electrons. The number of hydrogen-bond donors (Lipinski definition) is 1. The highest BCUT2D eigenvalue weighted by molar-refractivity contribution is 7.09. The molecule has 0 aliphatic carbocycles. The Bertz CT molecular complexity index is 769. The van der Waals surface area contributed by atoms with Crippen molar-refractivity contribution in [1.82, 2.24) is 20.0 Å². The molecule has 2 fully saturated rings. The maximum atomic E-state index is 12.7. The van der Waals surface area contributed by atoms with Crippen LogP contribution >= 0.6 is 11.3 Å². The second kappa shape index (κ2) is 10.2. The molecule has 0 unspecified atom stereocenters. The first-order chi connectivity index (χ1) is 14.3. The molecule has 4 rings (SSSR count). The number of piperazine rings is 1. The van der Waals surface area contributed by atoms with Crippen molar-refractivity contribution >= 4 is 17.4 Å². The Labute approximate surface area is 177 Å². The molecule has 0 atom stereocenters. The highest BCUT2D eigenvalue weighted by Crippen LogP contribution is 2.15. The SMILES string of the molecule is O=C(NCc1ccccc1CN1CCOCC1)N1CCN(Cc2cccs2)CC1. The van der Waals surface area contributed by atoms with Crippen LogP contribution in [-0.2, 0) is 24.4 Å². The Balaban J connectivity index is 1.24. The van der Waals surface area contributed by atoms with Crippen molar-refractivity contribution in [3.8, 4) is 0 Å². The maximum absolute atomic E-state index is 12.7. The van der Waals surface area contributed by atoms with Gasteiger partial charge in [0.2, 0.25) is 0 Å². The molecule has 1 aromatic carbocycles. The van der Waals surface area contributed by atoms with Gasteiger partial charge in [0.15, 0.2) is 0 Å². The number of morpholine rings is 1. The van der Waals surface area contributed by atoms with E-state index in [2.05, 4.69) is 50.8 Å². The van der Waals surface area contributed by atoms with E-state index in [1.54, 1.807) is 11.3 Å². The van der Waals surface area contributed by atoms with Gasteiger partial charge in [-0.2, -0.15) is 0 Å². The molecule has 1 aromatic heterocycles. The zero-order chi connectivity index (χ0) is 19.9. The lowest BCUT2D eigenvalue weighted by molar-refractivity contribution is 0.0340. The topological polar surface area (TPSA) is 48.1 Å². The number of ether oxygens (including phenoxy) is 1. The molecule has 2 amide bonds. The van der Waals surface area contributed by atoms with Gasteiger partial charge in [0, 0.05) is 63.8 Å². The average molecular weight is 415 g/mol. The second-order valence-corrected chi connectivity index (χ2v) is 8.69. The maximum Gasteiger partial charge on any atom is 0.317 e. The van der Waals surface area contributed by atoms with Crippen molar-refractivity contribution in [2.45, 2.75) is 19.6 Å². The van der Waals surface area contributed by atoms with Gasteiger partial charge in [0.1, 0.15) is 0 Å². The molecule has 0 radical (unpaired) electrons. The van der Waals surface area contributed by atoms with E-state index in [0.717, 1.165) is 65.6 Å². The van der Waals surface area contributed by atoms with E-state index < -0.39 is 0 Å². The first kappa shape index (κ1) is 20.3. The predicted octanol–water partition coefficient (Wildman–Crippen LogP) is 2.61. The van der Waals surface area contributed by atoms with Crippen LogP contribution in [0.4, 0.5) is 4.79 Å². The molecule has 0 saturated carbocycles. The fourth-order valence-corrected chi connectivity index (χ4v) is 4.65. The molecule has 2 saturated heterocycles. The van der Waals surface area contributed by atoms with Crippen LogP contribution in [0.25, 0.3) is 0 Å². The molecule has 0 spiro atoms. The Morgan fingerprint density at radius 2 is 1.62 bits per heavy atom. The summed E-state index contributed by atoms with van der Waals surface area (Å²) in [5, 5.41) is 5.25. The number of amides is 2. The van der Waals surface area contributed by atoms with Crippen molar-refractivity contribution in [1.29, 1.82) is 0 Å². The van der Waals surface area contributed by atoms with Crippen LogP contribution in [0.1, 0.15) is 16.0 Å². The summed E-state index contributed by atoms with van der Waals surface area (Å²) in [6.45, 7) is 9.45. The predicted molar refractivity (Wildman–Crippen MR) is 116 cm³/mol. The van der Waals surface area contributed by atoms with Gasteiger partial charge in [-0.3, -0.25) is 9.80 Å². The van der Waals surface area contributed by atoms with Gasteiger partial charge in [-0.05, 0) is 22.6 Å². The lowest BCUT2D eigenvalue weighted by Crippen LogP contribution is -2.51. The highest BCUT2D eigenvalue weighted by atomic mass is 32.1. The molecule has 2 aliphatic heterocycles. The normalized spacial score (nSPS) is 18.7. The molecule has 0 bridgehead atoms. The number of benzene rings is 1. The first-order valence-corrected chi connectivity index (χ1v) is 11.3. The summed E-state index contributed by atoms with van der Waals surface area (Å²) in [5.74, 6) is 0. The highest BCUT2D eigenvalue weighted by Gasteiger charge is 2.21. The molecule has 2 aromatic rings. The number of carbonyl (C=O) groups excluding carboxylic acids is 1. The van der Waals surface area contributed by atoms with E-state index in [-0.39, 0.29) is 6.03 Å². The van der Waals surface area contributed by atoms with Crippen molar-refractivity contribution < 1.29 is 9.53 Å². The van der Waals surface area contributed by atoms with Gasteiger partial charge in [0.25, 0.3) is 0 Å². The van der Waals surface area contributed by atoms with E-state index in [4.69, 9.17) is 4.74 Å². The van der Waals surface area contributed by atoms with E-state index in [1.807, 2.05) is 11.0 Å². The number of rotatable bonds is 6. The minimum atomic E-state index is 0.0435. The Kier molecular flexibility index (Phi) is 7.16. The minimum Gasteiger partial charge on any atom is -0.379 e. The molecule has 6 nitrogen and oxygen atoms in total. The van der Waals surface area contributed by atoms with Crippen LogP contribution in [0.3, 0.4) is 0 Å². The first-order valence-electron chi connectivity index (χ1n) is 10.4. The summed E-state index contributed by atoms with van der Waals surface area (Å²) in [6, 6.07) is 12.7. The summed E-state index contributed by atoms with van der Waals surface area (Å²) in [7, 11) is 0. The Morgan fingerprint density at radius 3 is 2.34 bits per heavy atom. The number of carbonyl (C=O) groups is 1. The average Bonchev–Trinajstić information content (AvgIpc) is 3.27. The van der Waals surface area contributed by atoms with Crippen molar-refractivity contribution in [2.75, 3.05) is 52.5 Å². The molecule has 2 aliphatic rings. The zero-order valence-electron chi connectivity index (χ0n) is 16.9. The lowest BCUT2D eigenvalue weighted by Gasteiger charge is -2.34. The number of urea groups is 1. The third-order valence-corrected chi connectivity index (χ3v) is 6.53. The monoisotopic (exact) mass is 414 g/mol. The van der Waals surface area contributed by atoms with Gasteiger partial charge < -0.3 is 15.0 Å². The summed E-state index contributed by atoms with van der Waals surface area (Å²) in [6.07, 6.45) is 0. The Hall–Kier alpha value is -1.93. The lowest BCUT2D eigenvalue weighted by atomic mass is 10.1. The fourth-order valence-electron chi connectivity index (χ4n) is 3.90. The van der Waals surface area contributed by atoms with Gasteiger partial charge in [-0.15, -0.1) is 11.3 Å². The quantitative estimate of drug-likeness (QED) is 0.789. The number of nitrogens with zero attached hydrogens (tertiary/aromatic N) is 3. The smallest absolute Gasteiger partial charge is 0.317 e. The van der Waals surface area contributed by atoms with Crippen molar-refractivity contribution in [3.63, 3.8) is 0 Å². The molecule has 1 N–H and O–H groups in total. The van der Waals surface area contributed by atoms with Crippen LogP contribution in [0.15, 0.2) is 41.8 Å². The van der Waals surface area contributed by atoms with Crippen LogP contribution < -0.4 is 5.32 Å². The van der Waals surface area contributed by atoms with Gasteiger partial charge >= 0.3 is 6.03 Å². The van der Waals surface area contributed by atoms with E-state index >= 15 is 0 Å². The number of thiophene rings is 1. The largest absolute Gasteiger partial charge is 0.379 e. The second-order valence-electron chi connectivity index (χ2n) is 7.66. The van der Waals surface area contributed by atoms with E-state index in [0.29, 0.717) is 6.54 Å². The van der Waals surface area contributed by atoms with Crippen molar-refractivity contribution in [2.24, 2.45) is 0 Å². The standard InChI is InChI=1S/C22H30N4O2S/c27-22(26-9-7-24(8-10-26)18-21-6-3-15-29-21)23-16-19-4-1-2-5-20(19)17-25-11-13-28-14-12-25/h1-6,15H,7-14,16-18H2,(H,23,27). The van der Waals surface area contributed by atoms with E-state index in [1.165, 1.54) is 16.0 Å². The van der Waals surface area contributed by atoms with Gasteiger partial charge in [-0.25, -0.2) is 4.79 Å². The minimum absolute atomic E-state index is 0.0435. The van der Waals surface area contributed by atoms with Crippen LogP contribution in [0, 0.1) is 0 Å². The van der Waals surface area contributed by atoms with Crippen LogP contribution in [0.5, 0.6) is 0 Å².